The predicted molar refractivity (Wildman–Crippen MR) is 151 cm³/mol. The van der Waals surface area contributed by atoms with E-state index in [9.17, 15) is 10.4 Å². The zero-order chi connectivity index (χ0) is 28.0. The summed E-state index contributed by atoms with van der Waals surface area (Å²) in [5.41, 5.74) is 3.66. The summed E-state index contributed by atoms with van der Waals surface area (Å²) in [5, 5.41) is 24.6. The molecule has 0 radical (unpaired) electrons. The summed E-state index contributed by atoms with van der Waals surface area (Å²) in [6, 6.07) is 11.5. The monoisotopic (exact) mass is 540 g/mol. The van der Waals surface area contributed by atoms with Crippen LogP contribution in [0.15, 0.2) is 49.1 Å². The van der Waals surface area contributed by atoms with Crippen molar-refractivity contribution in [3.63, 3.8) is 0 Å². The molecule has 3 atom stereocenters. The largest absolute Gasteiger partial charge is 0.481 e. The first-order valence-corrected chi connectivity index (χ1v) is 13.9. The van der Waals surface area contributed by atoms with Crippen LogP contribution in [0.1, 0.15) is 62.2 Å². The third-order valence-corrected chi connectivity index (χ3v) is 8.38. The van der Waals surface area contributed by atoms with E-state index in [2.05, 4.69) is 62.2 Å². The van der Waals surface area contributed by atoms with Gasteiger partial charge in [0.2, 0.25) is 5.88 Å². The Kier molecular flexibility index (Phi) is 6.72. The number of nitrogens with zero attached hydrogens (tertiary/aromatic N) is 8. The van der Waals surface area contributed by atoms with E-state index < -0.39 is 5.60 Å². The molecule has 3 aromatic rings. The van der Waals surface area contributed by atoms with Crippen LogP contribution < -0.4 is 9.64 Å². The number of piperazine rings is 1. The Labute approximate surface area is 235 Å². The van der Waals surface area contributed by atoms with E-state index in [1.54, 1.807) is 13.3 Å². The molecule has 10 heteroatoms. The van der Waals surface area contributed by atoms with Crippen LogP contribution in [0.5, 0.6) is 5.88 Å². The van der Waals surface area contributed by atoms with Gasteiger partial charge in [0, 0.05) is 74.1 Å². The molecule has 3 fully saturated rings. The number of hydrogen-bond acceptors (Lipinski definition) is 9. The maximum absolute atomic E-state index is 10.3. The normalized spacial score (nSPS) is 22.3. The van der Waals surface area contributed by atoms with Crippen LogP contribution in [0.25, 0.3) is 5.57 Å². The predicted octanol–water partition coefficient (Wildman–Crippen LogP) is 3.40. The van der Waals surface area contributed by atoms with Gasteiger partial charge in [0.1, 0.15) is 18.1 Å². The van der Waals surface area contributed by atoms with Gasteiger partial charge in [0.15, 0.2) is 0 Å². The van der Waals surface area contributed by atoms with E-state index in [0.29, 0.717) is 36.5 Å². The van der Waals surface area contributed by atoms with E-state index >= 15 is 0 Å². The molecule has 2 bridgehead atoms. The Morgan fingerprint density at radius 3 is 2.52 bits per heavy atom. The van der Waals surface area contributed by atoms with Gasteiger partial charge in [-0.15, -0.1) is 0 Å². The fourth-order valence-electron chi connectivity index (χ4n) is 6.04. The number of aromatic nitrogens is 4. The summed E-state index contributed by atoms with van der Waals surface area (Å²) in [5.74, 6) is 1.61. The third kappa shape index (κ3) is 4.91. The lowest BCUT2D eigenvalue weighted by Gasteiger charge is -2.56. The Hall–Kier alpha value is -3.94. The van der Waals surface area contributed by atoms with Gasteiger partial charge in [0.25, 0.3) is 0 Å². The average Bonchev–Trinajstić information content (AvgIpc) is 3.40. The van der Waals surface area contributed by atoms with Crippen molar-refractivity contribution < 1.29 is 9.84 Å². The number of hydrogen-bond donors (Lipinski definition) is 1. The first kappa shape index (κ1) is 26.3. The number of anilines is 1. The molecule has 4 aliphatic rings. The number of rotatable bonds is 8. The lowest BCUT2D eigenvalue weighted by molar-refractivity contribution is -0.00877. The van der Waals surface area contributed by atoms with E-state index in [0.717, 1.165) is 42.3 Å². The number of ether oxygens (including phenoxy) is 1. The quantitative estimate of drug-likeness (QED) is 0.460. The Balaban J connectivity index is 1.18. The zero-order valence-corrected chi connectivity index (χ0v) is 23.5. The van der Waals surface area contributed by atoms with Gasteiger partial charge in [-0.1, -0.05) is 6.07 Å². The molecule has 10 nitrogen and oxygen atoms in total. The molecular formula is C30H36N8O2. The molecule has 4 aliphatic heterocycles. The summed E-state index contributed by atoms with van der Waals surface area (Å²) in [6.07, 6.45) is 9.30. The van der Waals surface area contributed by atoms with Gasteiger partial charge in [-0.25, -0.2) is 14.6 Å². The van der Waals surface area contributed by atoms with Crippen molar-refractivity contribution in [1.82, 2.24) is 29.5 Å². The number of fused-ring (bicyclic) bond motifs is 3. The molecule has 1 N–H and O–H groups in total. The molecule has 0 spiro atoms. The summed E-state index contributed by atoms with van der Waals surface area (Å²) in [6.45, 7) is 9.17. The van der Waals surface area contributed by atoms with Crippen molar-refractivity contribution in [2.24, 2.45) is 0 Å². The first-order valence-electron chi connectivity index (χ1n) is 13.9. The molecule has 40 heavy (non-hydrogen) atoms. The van der Waals surface area contributed by atoms with Crippen molar-refractivity contribution in [2.75, 3.05) is 31.6 Å². The fourth-order valence-corrected chi connectivity index (χ4v) is 6.04. The summed E-state index contributed by atoms with van der Waals surface area (Å²) < 4.78 is 7.09. The van der Waals surface area contributed by atoms with Gasteiger partial charge in [-0.2, -0.15) is 10.4 Å². The van der Waals surface area contributed by atoms with Crippen molar-refractivity contribution in [3.8, 4) is 11.9 Å². The number of piperidine rings is 1. The van der Waals surface area contributed by atoms with Gasteiger partial charge in [-0.05, 0) is 51.3 Å². The van der Waals surface area contributed by atoms with Crippen LogP contribution in [0, 0.1) is 11.3 Å². The van der Waals surface area contributed by atoms with Crippen LogP contribution in [0.4, 0.5) is 5.82 Å². The molecule has 0 amide bonds. The number of pyridine rings is 2. The molecule has 0 aromatic carbocycles. The van der Waals surface area contributed by atoms with E-state index in [-0.39, 0.29) is 6.17 Å². The second kappa shape index (κ2) is 10.2. The highest BCUT2D eigenvalue weighted by molar-refractivity contribution is 5.81. The molecular weight excluding hydrogens is 504 g/mol. The SMILES string of the molecule is COc1ccc(CN2C3CC2CN(c2ccc(C4=CN(CCC(C)(C)O)C(C)n5ncc(C#N)c54)cn2)C3)cn1. The molecule has 0 saturated carbocycles. The van der Waals surface area contributed by atoms with Crippen LogP contribution in [-0.2, 0) is 6.54 Å². The lowest BCUT2D eigenvalue weighted by atomic mass is 9.87. The number of nitriles is 1. The molecule has 0 aliphatic carbocycles. The zero-order valence-electron chi connectivity index (χ0n) is 23.5. The van der Waals surface area contributed by atoms with E-state index in [1.165, 1.54) is 12.0 Å². The highest BCUT2D eigenvalue weighted by Crippen LogP contribution is 2.37. The maximum atomic E-state index is 10.3. The number of aliphatic hydroxyl groups is 1. The fraction of sp³-hybridized carbons (Fsp3) is 0.467. The van der Waals surface area contributed by atoms with Gasteiger partial charge < -0.3 is 19.6 Å². The second-order valence-corrected chi connectivity index (χ2v) is 11.7. The number of methoxy groups -OCH3 is 1. The Bertz CT molecular complexity index is 1420. The van der Waals surface area contributed by atoms with Crippen molar-refractivity contribution in [1.29, 1.82) is 5.26 Å². The van der Waals surface area contributed by atoms with E-state index in [1.807, 2.05) is 37.0 Å². The van der Waals surface area contributed by atoms with Crippen molar-refractivity contribution >= 4 is 11.4 Å². The van der Waals surface area contributed by atoms with Gasteiger partial charge in [-0.3, -0.25) is 4.90 Å². The highest BCUT2D eigenvalue weighted by atomic mass is 16.5. The minimum Gasteiger partial charge on any atom is -0.481 e. The second-order valence-electron chi connectivity index (χ2n) is 11.7. The molecule has 3 saturated heterocycles. The van der Waals surface area contributed by atoms with Crippen LogP contribution in [-0.4, -0.2) is 79.1 Å². The van der Waals surface area contributed by atoms with Crippen LogP contribution in [0.3, 0.4) is 0 Å². The summed E-state index contributed by atoms with van der Waals surface area (Å²) >= 11 is 0. The highest BCUT2D eigenvalue weighted by Gasteiger charge is 2.44. The molecule has 208 valence electrons. The Morgan fingerprint density at radius 2 is 1.90 bits per heavy atom. The minimum absolute atomic E-state index is 0.0628. The first-order chi connectivity index (χ1) is 19.2. The molecule has 7 rings (SSSR count). The van der Waals surface area contributed by atoms with Gasteiger partial charge >= 0.3 is 0 Å². The average molecular weight is 541 g/mol. The molecule has 3 aromatic heterocycles. The van der Waals surface area contributed by atoms with Crippen LogP contribution in [0.2, 0.25) is 0 Å². The summed E-state index contributed by atoms with van der Waals surface area (Å²) in [7, 11) is 1.64. The Morgan fingerprint density at radius 1 is 1.10 bits per heavy atom. The van der Waals surface area contributed by atoms with Crippen molar-refractivity contribution in [2.45, 2.75) is 64.0 Å². The van der Waals surface area contributed by atoms with Crippen molar-refractivity contribution in [3.05, 3.63) is 71.4 Å². The lowest BCUT2D eigenvalue weighted by Crippen LogP contribution is -2.68. The van der Waals surface area contributed by atoms with Crippen LogP contribution >= 0.6 is 0 Å². The third-order valence-electron chi connectivity index (χ3n) is 8.38. The maximum Gasteiger partial charge on any atom is 0.212 e. The standard InChI is InChI=1S/C30H36N8O2/c1-20-35(10-9-30(2,3)39)19-26(29-23(12-31)15-34-38(20)29)22-6-7-27(32-14-22)36-17-24-11-25(18-36)37(24)16-21-5-8-28(40-4)33-13-21/h5-8,13-15,19-20,24-25,39H,9-11,16-18H2,1-4H3. The van der Waals surface area contributed by atoms with E-state index in [4.69, 9.17) is 9.72 Å². The minimum atomic E-state index is -0.768. The molecule has 3 unspecified atom stereocenters. The summed E-state index contributed by atoms with van der Waals surface area (Å²) in [4.78, 5) is 16.3. The topological polar surface area (TPSA) is 107 Å². The van der Waals surface area contributed by atoms with Gasteiger partial charge in [0.05, 0.1) is 30.2 Å². The molecule has 7 heterocycles. The smallest absolute Gasteiger partial charge is 0.212 e.